The molecule has 130 valence electrons. The van der Waals surface area contributed by atoms with E-state index in [-0.39, 0.29) is 0 Å². The van der Waals surface area contributed by atoms with Crippen molar-refractivity contribution in [1.29, 1.82) is 0 Å². The Morgan fingerprint density at radius 1 is 0.923 bits per heavy atom. The van der Waals surface area contributed by atoms with Gasteiger partial charge >= 0.3 is 0 Å². The molecule has 0 N–H and O–H groups in total. The minimum Gasteiger partial charge on any atom is -0.378 e. The summed E-state index contributed by atoms with van der Waals surface area (Å²) in [7, 11) is 0. The van der Waals surface area contributed by atoms with Crippen molar-refractivity contribution in [3.05, 3.63) is 66.4 Å². The van der Waals surface area contributed by atoms with Crippen molar-refractivity contribution in [2.45, 2.75) is 6.92 Å². The van der Waals surface area contributed by atoms with Crippen molar-refractivity contribution >= 4 is 22.2 Å². The predicted molar refractivity (Wildman–Crippen MR) is 106 cm³/mol. The summed E-state index contributed by atoms with van der Waals surface area (Å²) in [5.41, 5.74) is 4.51. The highest BCUT2D eigenvalue weighted by molar-refractivity contribution is 5.96. The zero-order valence-corrected chi connectivity index (χ0v) is 14.9. The van der Waals surface area contributed by atoms with Gasteiger partial charge in [-0.25, -0.2) is 4.98 Å². The van der Waals surface area contributed by atoms with Crippen LogP contribution in [0.5, 0.6) is 0 Å². The number of fused-ring (bicyclic) bond motifs is 3. The second-order valence-electron chi connectivity index (χ2n) is 6.79. The maximum absolute atomic E-state index is 5.58. The third kappa shape index (κ3) is 2.37. The maximum atomic E-state index is 5.58. The van der Waals surface area contributed by atoms with E-state index in [4.69, 9.17) is 9.72 Å². The zero-order valence-electron chi connectivity index (χ0n) is 14.9. The van der Waals surface area contributed by atoms with Gasteiger partial charge in [0, 0.05) is 30.2 Å². The van der Waals surface area contributed by atoms with Crippen LogP contribution in [0, 0.1) is 6.92 Å². The number of hydrogen-bond donors (Lipinski definition) is 0. The van der Waals surface area contributed by atoms with Crippen LogP contribution >= 0.6 is 0 Å². The Bertz CT molecular complexity index is 1090. The summed E-state index contributed by atoms with van der Waals surface area (Å²) in [5, 5.41) is 2.40. The Kier molecular flexibility index (Phi) is 3.64. The molecular weight excluding hydrogens is 322 g/mol. The van der Waals surface area contributed by atoms with Crippen molar-refractivity contribution < 1.29 is 4.74 Å². The molecule has 0 radical (unpaired) electrons. The highest BCUT2D eigenvalue weighted by Gasteiger charge is 2.23. The summed E-state index contributed by atoms with van der Waals surface area (Å²) in [6.07, 6.45) is 2.15. The molecule has 0 atom stereocenters. The molecule has 4 nitrogen and oxygen atoms in total. The second kappa shape index (κ2) is 6.15. The number of imidazole rings is 1. The van der Waals surface area contributed by atoms with Crippen LogP contribution in [-0.2, 0) is 4.74 Å². The lowest BCUT2D eigenvalue weighted by Crippen LogP contribution is -2.37. The van der Waals surface area contributed by atoms with Crippen molar-refractivity contribution in [1.82, 2.24) is 9.38 Å². The molecule has 4 heteroatoms. The van der Waals surface area contributed by atoms with E-state index >= 15 is 0 Å². The molecule has 3 heterocycles. The first-order valence-electron chi connectivity index (χ1n) is 9.11. The normalized spacial score (nSPS) is 15.0. The number of ether oxygens (including phenoxy) is 1. The van der Waals surface area contributed by atoms with Crippen molar-refractivity contribution in [2.24, 2.45) is 0 Å². The Morgan fingerprint density at radius 2 is 1.69 bits per heavy atom. The van der Waals surface area contributed by atoms with E-state index in [1.807, 2.05) is 0 Å². The van der Waals surface area contributed by atoms with Gasteiger partial charge < -0.3 is 9.64 Å². The van der Waals surface area contributed by atoms with Gasteiger partial charge in [0.05, 0.1) is 13.2 Å². The zero-order chi connectivity index (χ0) is 17.5. The molecular formula is C22H21N3O. The molecule has 0 saturated carbocycles. The summed E-state index contributed by atoms with van der Waals surface area (Å²) in [5.74, 6) is 1.17. The third-order valence-electron chi connectivity index (χ3n) is 5.20. The lowest BCUT2D eigenvalue weighted by Gasteiger charge is -2.29. The van der Waals surface area contributed by atoms with Crippen LogP contribution in [0.3, 0.4) is 0 Å². The van der Waals surface area contributed by atoms with Gasteiger partial charge in [0.15, 0.2) is 0 Å². The minimum absolute atomic E-state index is 0.758. The lowest BCUT2D eigenvalue weighted by atomic mass is 10.1. The monoisotopic (exact) mass is 343 g/mol. The van der Waals surface area contributed by atoms with E-state index < -0.39 is 0 Å². The van der Waals surface area contributed by atoms with Crippen molar-refractivity contribution in [3.63, 3.8) is 0 Å². The summed E-state index contributed by atoms with van der Waals surface area (Å²) < 4.78 is 7.82. The van der Waals surface area contributed by atoms with Gasteiger partial charge in [0.1, 0.15) is 17.2 Å². The summed E-state index contributed by atoms with van der Waals surface area (Å²) >= 11 is 0. The van der Waals surface area contributed by atoms with Gasteiger partial charge in [-0.3, -0.25) is 4.40 Å². The van der Waals surface area contributed by atoms with Gasteiger partial charge in [-0.05, 0) is 23.9 Å². The van der Waals surface area contributed by atoms with Gasteiger partial charge in [-0.1, -0.05) is 48.5 Å². The molecule has 2 aromatic heterocycles. The number of pyridine rings is 1. The van der Waals surface area contributed by atoms with Gasteiger partial charge in [-0.15, -0.1) is 0 Å². The van der Waals surface area contributed by atoms with E-state index in [1.54, 1.807) is 0 Å². The smallest absolute Gasteiger partial charge is 0.147 e. The van der Waals surface area contributed by atoms with Crippen molar-refractivity contribution in [3.8, 4) is 11.3 Å². The number of anilines is 1. The van der Waals surface area contributed by atoms with Crippen LogP contribution in [-0.4, -0.2) is 35.7 Å². The summed E-state index contributed by atoms with van der Waals surface area (Å²) in [6, 6.07) is 19.1. The highest BCUT2D eigenvalue weighted by atomic mass is 16.5. The van der Waals surface area contributed by atoms with Crippen molar-refractivity contribution in [2.75, 3.05) is 31.2 Å². The molecule has 26 heavy (non-hydrogen) atoms. The van der Waals surface area contributed by atoms with Crippen LogP contribution in [0.15, 0.2) is 60.8 Å². The van der Waals surface area contributed by atoms with Crippen LogP contribution < -0.4 is 4.90 Å². The average Bonchev–Trinajstić information content (AvgIpc) is 3.09. The Labute approximate surface area is 152 Å². The highest BCUT2D eigenvalue weighted by Crippen LogP contribution is 2.35. The first kappa shape index (κ1) is 15.4. The molecule has 5 rings (SSSR count). The molecule has 0 spiro atoms. The average molecular weight is 343 g/mol. The van der Waals surface area contributed by atoms with E-state index in [1.165, 1.54) is 27.7 Å². The Hall–Kier alpha value is -2.85. The van der Waals surface area contributed by atoms with E-state index in [9.17, 15) is 0 Å². The van der Waals surface area contributed by atoms with Crippen LogP contribution in [0.1, 0.15) is 5.56 Å². The molecule has 0 unspecified atom stereocenters. The minimum atomic E-state index is 0.758. The molecule has 0 bridgehead atoms. The third-order valence-corrected chi connectivity index (χ3v) is 5.20. The maximum Gasteiger partial charge on any atom is 0.147 e. The van der Waals surface area contributed by atoms with Gasteiger partial charge in [0.2, 0.25) is 0 Å². The number of aromatic nitrogens is 2. The first-order valence-corrected chi connectivity index (χ1v) is 9.11. The van der Waals surface area contributed by atoms with E-state index in [2.05, 4.69) is 77.0 Å². The number of nitrogens with zero attached hydrogens (tertiary/aromatic N) is 3. The number of morpholine rings is 1. The second-order valence-corrected chi connectivity index (χ2v) is 6.79. The Morgan fingerprint density at radius 3 is 2.54 bits per heavy atom. The molecule has 0 aliphatic carbocycles. The fourth-order valence-corrected chi connectivity index (χ4v) is 3.85. The lowest BCUT2D eigenvalue weighted by molar-refractivity contribution is 0.122. The summed E-state index contributed by atoms with van der Waals surface area (Å²) in [4.78, 5) is 7.53. The SMILES string of the molecule is Cc1ccccc1-c1nc2c3ccccc3ccn2c1N1CCOCC1. The number of hydrogen-bond acceptors (Lipinski definition) is 3. The van der Waals surface area contributed by atoms with Crippen LogP contribution in [0.4, 0.5) is 5.82 Å². The van der Waals surface area contributed by atoms with Crippen LogP contribution in [0.2, 0.25) is 0 Å². The van der Waals surface area contributed by atoms with E-state index in [0.717, 1.165) is 37.6 Å². The van der Waals surface area contributed by atoms with Gasteiger partial charge in [0.25, 0.3) is 0 Å². The number of benzene rings is 2. The molecule has 4 aromatic rings. The molecule has 1 aliphatic heterocycles. The molecule has 0 amide bonds. The first-order chi connectivity index (χ1) is 12.8. The quantitative estimate of drug-likeness (QED) is 0.543. The van der Waals surface area contributed by atoms with E-state index in [0.29, 0.717) is 0 Å². The fourth-order valence-electron chi connectivity index (χ4n) is 3.85. The molecule has 1 saturated heterocycles. The number of aryl methyl sites for hydroxylation is 1. The fraction of sp³-hybridized carbons (Fsp3) is 0.227. The van der Waals surface area contributed by atoms with Crippen LogP contribution in [0.25, 0.3) is 27.7 Å². The number of rotatable bonds is 2. The molecule has 2 aromatic carbocycles. The topological polar surface area (TPSA) is 29.8 Å². The predicted octanol–water partition coefficient (Wildman–Crippen LogP) is 4.30. The summed E-state index contributed by atoms with van der Waals surface area (Å²) in [6.45, 7) is 5.45. The molecule has 1 aliphatic rings. The largest absolute Gasteiger partial charge is 0.378 e. The standard InChI is InChI=1S/C22H21N3O/c1-16-6-2-4-8-18(16)20-22(24-12-14-26-15-13-24)25-11-10-17-7-3-5-9-19(17)21(25)23-20/h2-11H,12-15H2,1H3. The molecule has 1 fully saturated rings. The Balaban J connectivity index is 1.84. The van der Waals surface area contributed by atoms with Gasteiger partial charge in [-0.2, -0.15) is 0 Å².